The minimum absolute atomic E-state index is 0.923. The Labute approximate surface area is 80.5 Å². The molecule has 0 saturated carbocycles. The maximum absolute atomic E-state index is 3.84. The van der Waals surface area contributed by atoms with Gasteiger partial charge in [-0.05, 0) is 25.5 Å². The van der Waals surface area contributed by atoms with Crippen molar-refractivity contribution in [1.82, 2.24) is 5.32 Å². The number of nitrogens with one attached hydrogen (secondary N) is 1. The third kappa shape index (κ3) is 4.48. The summed E-state index contributed by atoms with van der Waals surface area (Å²) in [6, 6.07) is 10.5. The van der Waals surface area contributed by atoms with Gasteiger partial charge < -0.3 is 5.32 Å². The van der Waals surface area contributed by atoms with Crippen LogP contribution < -0.4 is 5.32 Å². The second-order valence-corrected chi connectivity index (χ2v) is 3.37. The van der Waals surface area contributed by atoms with Crippen LogP contribution in [0.2, 0.25) is 0 Å². The summed E-state index contributed by atoms with van der Waals surface area (Å²) in [5.41, 5.74) is 2.57. The van der Waals surface area contributed by atoms with E-state index in [9.17, 15) is 0 Å². The summed E-state index contributed by atoms with van der Waals surface area (Å²) in [6.45, 7) is 7.82. The Kier molecular flexibility index (Phi) is 4.27. The normalized spacial score (nSPS) is 9.92. The molecular formula is C12H17N. The zero-order valence-corrected chi connectivity index (χ0v) is 8.22. The molecule has 0 aliphatic carbocycles. The van der Waals surface area contributed by atoms with Crippen molar-refractivity contribution in [3.63, 3.8) is 0 Å². The average Bonchev–Trinajstić information content (AvgIpc) is 2.14. The standard InChI is InChI=1S/C12H17N/c1-11(2)10-13-9-8-12-6-4-3-5-7-12/h3-7,13H,1,8-10H2,2H3. The average molecular weight is 175 g/mol. The molecule has 1 heteroatoms. The summed E-state index contributed by atoms with van der Waals surface area (Å²) < 4.78 is 0. The quantitative estimate of drug-likeness (QED) is 0.535. The Balaban J connectivity index is 2.17. The zero-order valence-electron chi connectivity index (χ0n) is 8.22. The Morgan fingerprint density at radius 1 is 1.31 bits per heavy atom. The first-order chi connectivity index (χ1) is 6.29. The van der Waals surface area contributed by atoms with E-state index in [0.717, 1.165) is 19.5 Å². The van der Waals surface area contributed by atoms with Crippen molar-refractivity contribution in [3.8, 4) is 0 Å². The highest BCUT2D eigenvalue weighted by molar-refractivity contribution is 5.14. The minimum atomic E-state index is 0.923. The van der Waals surface area contributed by atoms with E-state index in [-0.39, 0.29) is 0 Å². The molecule has 0 spiro atoms. The van der Waals surface area contributed by atoms with E-state index in [0.29, 0.717) is 0 Å². The molecule has 13 heavy (non-hydrogen) atoms. The third-order valence-electron chi connectivity index (χ3n) is 1.86. The molecule has 0 bridgehead atoms. The third-order valence-corrected chi connectivity index (χ3v) is 1.86. The highest BCUT2D eigenvalue weighted by Crippen LogP contribution is 1.98. The topological polar surface area (TPSA) is 12.0 Å². The molecule has 0 unspecified atom stereocenters. The van der Waals surface area contributed by atoms with Gasteiger partial charge in [-0.2, -0.15) is 0 Å². The van der Waals surface area contributed by atoms with Gasteiger partial charge in [-0.3, -0.25) is 0 Å². The van der Waals surface area contributed by atoms with Crippen LogP contribution in [0.25, 0.3) is 0 Å². The largest absolute Gasteiger partial charge is 0.313 e. The highest BCUT2D eigenvalue weighted by Gasteiger charge is 1.90. The van der Waals surface area contributed by atoms with Crippen molar-refractivity contribution in [3.05, 3.63) is 48.0 Å². The molecule has 0 heterocycles. The van der Waals surface area contributed by atoms with Crippen molar-refractivity contribution in [2.24, 2.45) is 0 Å². The summed E-state index contributed by atoms with van der Waals surface area (Å²) in [6.07, 6.45) is 1.09. The summed E-state index contributed by atoms with van der Waals surface area (Å²) >= 11 is 0. The van der Waals surface area contributed by atoms with Crippen molar-refractivity contribution < 1.29 is 0 Å². The van der Waals surface area contributed by atoms with Crippen LogP contribution in [-0.4, -0.2) is 13.1 Å². The lowest BCUT2D eigenvalue weighted by molar-refractivity contribution is 0.729. The number of hydrogen-bond acceptors (Lipinski definition) is 1. The summed E-state index contributed by atoms with van der Waals surface area (Å²) in [4.78, 5) is 0. The predicted molar refractivity (Wildman–Crippen MR) is 57.8 cm³/mol. The molecule has 1 aromatic carbocycles. The summed E-state index contributed by atoms with van der Waals surface area (Å²) in [7, 11) is 0. The van der Waals surface area contributed by atoms with Crippen molar-refractivity contribution in [2.45, 2.75) is 13.3 Å². The molecule has 1 N–H and O–H groups in total. The van der Waals surface area contributed by atoms with Gasteiger partial charge in [-0.25, -0.2) is 0 Å². The number of benzene rings is 1. The first kappa shape index (κ1) is 10.0. The van der Waals surface area contributed by atoms with E-state index in [4.69, 9.17) is 0 Å². The first-order valence-electron chi connectivity index (χ1n) is 4.68. The number of hydrogen-bond donors (Lipinski definition) is 1. The van der Waals surface area contributed by atoms with E-state index in [1.54, 1.807) is 0 Å². The molecule has 0 atom stereocenters. The first-order valence-corrected chi connectivity index (χ1v) is 4.68. The lowest BCUT2D eigenvalue weighted by Crippen LogP contribution is -2.18. The SMILES string of the molecule is C=C(C)CNCCc1ccccc1. The molecule has 0 amide bonds. The van der Waals surface area contributed by atoms with E-state index in [2.05, 4.69) is 36.2 Å². The molecular weight excluding hydrogens is 158 g/mol. The molecule has 0 aliphatic heterocycles. The minimum Gasteiger partial charge on any atom is -0.313 e. The van der Waals surface area contributed by atoms with Crippen LogP contribution in [-0.2, 0) is 6.42 Å². The van der Waals surface area contributed by atoms with Gasteiger partial charge in [-0.15, -0.1) is 0 Å². The second kappa shape index (κ2) is 5.55. The predicted octanol–water partition coefficient (Wildman–Crippen LogP) is 2.39. The molecule has 0 aromatic heterocycles. The van der Waals surface area contributed by atoms with Crippen LogP contribution in [0.15, 0.2) is 42.5 Å². The molecule has 0 radical (unpaired) electrons. The lowest BCUT2D eigenvalue weighted by atomic mass is 10.1. The maximum Gasteiger partial charge on any atom is 0.0159 e. The Morgan fingerprint density at radius 3 is 2.62 bits per heavy atom. The van der Waals surface area contributed by atoms with Gasteiger partial charge in [0.1, 0.15) is 0 Å². The van der Waals surface area contributed by atoms with Crippen LogP contribution in [0.1, 0.15) is 12.5 Å². The monoisotopic (exact) mass is 175 g/mol. The van der Waals surface area contributed by atoms with Gasteiger partial charge in [0.15, 0.2) is 0 Å². The Bertz CT molecular complexity index is 251. The molecule has 0 saturated heterocycles. The van der Waals surface area contributed by atoms with E-state index in [1.165, 1.54) is 11.1 Å². The van der Waals surface area contributed by atoms with E-state index < -0.39 is 0 Å². The second-order valence-electron chi connectivity index (χ2n) is 3.37. The Hall–Kier alpha value is -1.08. The maximum atomic E-state index is 3.84. The van der Waals surface area contributed by atoms with Crippen LogP contribution in [0.3, 0.4) is 0 Å². The number of rotatable bonds is 5. The molecule has 70 valence electrons. The molecule has 0 fully saturated rings. The Morgan fingerprint density at radius 2 is 2.00 bits per heavy atom. The van der Waals surface area contributed by atoms with E-state index >= 15 is 0 Å². The fourth-order valence-corrected chi connectivity index (χ4v) is 1.18. The van der Waals surface area contributed by atoms with Crippen LogP contribution in [0.5, 0.6) is 0 Å². The van der Waals surface area contributed by atoms with Crippen LogP contribution >= 0.6 is 0 Å². The lowest BCUT2D eigenvalue weighted by Gasteiger charge is -2.03. The van der Waals surface area contributed by atoms with Crippen molar-refractivity contribution in [2.75, 3.05) is 13.1 Å². The van der Waals surface area contributed by atoms with Gasteiger partial charge in [0.25, 0.3) is 0 Å². The van der Waals surface area contributed by atoms with Gasteiger partial charge in [0, 0.05) is 6.54 Å². The van der Waals surface area contributed by atoms with Gasteiger partial charge in [-0.1, -0.05) is 42.5 Å². The van der Waals surface area contributed by atoms with Gasteiger partial charge in [0.2, 0.25) is 0 Å². The summed E-state index contributed by atoms with van der Waals surface area (Å²) in [5.74, 6) is 0. The molecule has 0 aliphatic rings. The van der Waals surface area contributed by atoms with Crippen molar-refractivity contribution >= 4 is 0 Å². The molecule has 1 aromatic rings. The molecule has 1 rings (SSSR count). The fraction of sp³-hybridized carbons (Fsp3) is 0.333. The smallest absolute Gasteiger partial charge is 0.0159 e. The zero-order chi connectivity index (χ0) is 9.52. The van der Waals surface area contributed by atoms with E-state index in [1.807, 2.05) is 13.0 Å². The van der Waals surface area contributed by atoms with Gasteiger partial charge in [0.05, 0.1) is 0 Å². The highest BCUT2D eigenvalue weighted by atomic mass is 14.8. The van der Waals surface area contributed by atoms with Gasteiger partial charge >= 0.3 is 0 Å². The van der Waals surface area contributed by atoms with Crippen molar-refractivity contribution in [1.29, 1.82) is 0 Å². The van der Waals surface area contributed by atoms with Crippen LogP contribution in [0.4, 0.5) is 0 Å². The molecule has 1 nitrogen and oxygen atoms in total. The fourth-order valence-electron chi connectivity index (χ4n) is 1.18. The summed E-state index contributed by atoms with van der Waals surface area (Å²) in [5, 5.41) is 3.33. The van der Waals surface area contributed by atoms with Crippen LogP contribution in [0, 0.1) is 0 Å².